The third-order valence-electron chi connectivity index (χ3n) is 6.50. The summed E-state index contributed by atoms with van der Waals surface area (Å²) in [5.74, 6) is -4.29. The number of phosphoric acid groups is 1. The summed E-state index contributed by atoms with van der Waals surface area (Å²) in [5, 5.41) is 61.3. The summed E-state index contributed by atoms with van der Waals surface area (Å²) in [6, 6.07) is 2.52. The minimum atomic E-state index is -5.13. The van der Waals surface area contributed by atoms with Crippen LogP contribution >= 0.6 is 7.82 Å². The van der Waals surface area contributed by atoms with Gasteiger partial charge in [-0.15, -0.1) is 0 Å². The van der Waals surface area contributed by atoms with Gasteiger partial charge in [0.2, 0.25) is 5.91 Å². The number of phenolic OH excluding ortho intramolecular Hbond substituents is 1. The van der Waals surface area contributed by atoms with Gasteiger partial charge in [-0.2, -0.15) is 0 Å². The highest BCUT2D eigenvalue weighted by Crippen LogP contribution is 2.45. The van der Waals surface area contributed by atoms with E-state index in [1.807, 2.05) is 5.32 Å². The van der Waals surface area contributed by atoms with Crippen LogP contribution < -0.4 is 21.5 Å². The van der Waals surface area contributed by atoms with Gasteiger partial charge < -0.3 is 45.7 Å². The van der Waals surface area contributed by atoms with Crippen molar-refractivity contribution < 1.29 is 63.5 Å². The number of hydrogen-bond donors (Lipinski definition) is 10. The standard InChI is InChI=1S/C24H31N4O15P/c1-10(21(35)25-14(23(37)38)4-5-18(32)33)43-44(40,41)42-9-17(31)19(34)16(30)8-28-15-7-12(29)3-2-11(15)6-13-20(28)26-24(39)27-22(13)36/h2-3,7,10,14,16-17,19,29-31,34H,4-6,8-9H2,1H3,(H,25,35)(H,32,33)(H,37,38)(H,40,41)(H2,26,27,36,39)/t10-,14-,16-,17+,19-/m0/s1. The van der Waals surface area contributed by atoms with E-state index in [9.17, 15) is 53.9 Å². The number of nitrogens with one attached hydrogen (secondary N) is 3. The molecule has 0 saturated carbocycles. The Morgan fingerprint density at radius 2 is 1.80 bits per heavy atom. The average Bonchev–Trinajstić information content (AvgIpc) is 2.93. The number of benzene rings is 1. The maximum Gasteiger partial charge on any atom is 0.473 e. The smallest absolute Gasteiger partial charge is 0.473 e. The van der Waals surface area contributed by atoms with Crippen molar-refractivity contribution in [2.75, 3.05) is 18.1 Å². The van der Waals surface area contributed by atoms with E-state index in [-0.39, 0.29) is 29.2 Å². The predicted octanol–water partition coefficient (Wildman–Crippen LogP) is -2.15. The molecular formula is C24H31N4O15P. The Kier molecular flexibility index (Phi) is 11.0. The number of aliphatic hydroxyl groups is 3. The van der Waals surface area contributed by atoms with Crippen molar-refractivity contribution in [2.24, 2.45) is 0 Å². The molecule has 2 aromatic rings. The van der Waals surface area contributed by atoms with Crippen LogP contribution in [0.5, 0.6) is 5.75 Å². The Labute approximate surface area is 246 Å². The molecule has 0 saturated heterocycles. The number of phosphoric ester groups is 1. The number of nitrogens with zero attached hydrogens (tertiary/aromatic N) is 1. The number of β-amino-alcohol motifs (C(OH)–C–C–N with tert-alkyl or cyclic N) is 1. The highest BCUT2D eigenvalue weighted by atomic mass is 31.2. The fourth-order valence-electron chi connectivity index (χ4n) is 4.26. The molecule has 0 aliphatic carbocycles. The van der Waals surface area contributed by atoms with Crippen molar-refractivity contribution in [1.29, 1.82) is 0 Å². The number of aromatic amines is 2. The summed E-state index contributed by atoms with van der Waals surface area (Å²) in [5.41, 5.74) is -0.681. The number of carboxylic acid groups (broad SMARTS) is 2. The third kappa shape index (κ3) is 8.73. The van der Waals surface area contributed by atoms with E-state index in [0.29, 0.717) is 5.56 Å². The summed E-state index contributed by atoms with van der Waals surface area (Å²) >= 11 is 0. The van der Waals surface area contributed by atoms with Crippen LogP contribution in [0.25, 0.3) is 0 Å². The van der Waals surface area contributed by atoms with Gasteiger partial charge in [0.1, 0.15) is 42.0 Å². The maximum atomic E-state index is 12.4. The minimum absolute atomic E-state index is 0.0394. The van der Waals surface area contributed by atoms with Crippen LogP contribution in [0.1, 0.15) is 30.9 Å². The van der Waals surface area contributed by atoms with Gasteiger partial charge in [0.05, 0.1) is 18.7 Å². The van der Waals surface area contributed by atoms with Crippen LogP contribution in [0.4, 0.5) is 11.5 Å². The van der Waals surface area contributed by atoms with Crippen molar-refractivity contribution in [3.63, 3.8) is 0 Å². The molecule has 1 unspecified atom stereocenters. The van der Waals surface area contributed by atoms with Crippen LogP contribution in [0, 0.1) is 0 Å². The first-order valence-electron chi connectivity index (χ1n) is 12.9. The second-order valence-electron chi connectivity index (χ2n) is 9.80. The van der Waals surface area contributed by atoms with Gasteiger partial charge in [-0.3, -0.25) is 33.4 Å². The van der Waals surface area contributed by atoms with Crippen molar-refractivity contribution in [3.05, 3.63) is 50.2 Å². The zero-order valence-corrected chi connectivity index (χ0v) is 23.8. The second-order valence-corrected chi connectivity index (χ2v) is 11.2. The third-order valence-corrected chi connectivity index (χ3v) is 7.56. The lowest BCUT2D eigenvalue weighted by Crippen LogP contribution is -2.47. The number of aromatic hydroxyl groups is 1. The summed E-state index contributed by atoms with van der Waals surface area (Å²) in [6.45, 7) is -0.701. The molecule has 1 aliphatic heterocycles. The second kappa shape index (κ2) is 14.1. The first kappa shape index (κ1) is 34.4. The van der Waals surface area contributed by atoms with E-state index in [1.54, 1.807) is 0 Å². The number of hydrogen-bond acceptors (Lipinski definition) is 13. The number of fused-ring (bicyclic) bond motifs is 2. The average molecular weight is 646 g/mol. The van der Waals surface area contributed by atoms with Gasteiger partial charge in [0.15, 0.2) is 0 Å². The molecule has 44 heavy (non-hydrogen) atoms. The van der Waals surface area contributed by atoms with E-state index in [4.69, 9.17) is 10.2 Å². The van der Waals surface area contributed by atoms with Crippen molar-refractivity contribution in [3.8, 4) is 5.75 Å². The van der Waals surface area contributed by atoms with Crippen molar-refractivity contribution in [1.82, 2.24) is 15.3 Å². The number of aromatic nitrogens is 2. The van der Waals surface area contributed by atoms with Crippen LogP contribution in [-0.4, -0.2) is 107 Å². The molecule has 0 fully saturated rings. The molecule has 242 valence electrons. The lowest BCUT2D eigenvalue weighted by molar-refractivity contribution is -0.144. The summed E-state index contributed by atoms with van der Waals surface area (Å²) in [6.07, 6.45) is -8.73. The number of carbonyl (C=O) groups excluding carboxylic acids is 1. The normalized spacial score (nSPS) is 17.2. The lowest BCUT2D eigenvalue weighted by atomic mass is 9.97. The number of H-pyrrole nitrogens is 2. The van der Waals surface area contributed by atoms with E-state index in [2.05, 4.69) is 19.0 Å². The number of aliphatic carboxylic acids is 2. The largest absolute Gasteiger partial charge is 0.508 e. The van der Waals surface area contributed by atoms with Gasteiger partial charge >= 0.3 is 25.5 Å². The molecule has 1 aromatic carbocycles. The van der Waals surface area contributed by atoms with Crippen LogP contribution in [0.2, 0.25) is 0 Å². The number of amides is 1. The molecule has 10 N–H and O–H groups in total. The van der Waals surface area contributed by atoms with Gasteiger partial charge in [0, 0.05) is 24.6 Å². The molecule has 0 bridgehead atoms. The zero-order valence-electron chi connectivity index (χ0n) is 22.9. The Balaban J connectivity index is 1.64. The van der Waals surface area contributed by atoms with E-state index in [0.717, 1.165) is 6.92 Å². The highest BCUT2D eigenvalue weighted by molar-refractivity contribution is 7.47. The number of carboxylic acids is 2. The lowest BCUT2D eigenvalue weighted by Gasteiger charge is -2.35. The Morgan fingerprint density at radius 1 is 1.11 bits per heavy atom. The van der Waals surface area contributed by atoms with Gasteiger partial charge in [-0.25, -0.2) is 14.2 Å². The Bertz CT molecular complexity index is 1560. The molecule has 19 nitrogen and oxygen atoms in total. The first-order valence-corrected chi connectivity index (χ1v) is 14.4. The van der Waals surface area contributed by atoms with Gasteiger partial charge in [-0.1, -0.05) is 6.07 Å². The summed E-state index contributed by atoms with van der Waals surface area (Å²) in [7, 11) is -5.13. The Hall–Kier alpha value is -4.10. The zero-order chi connectivity index (χ0) is 32.9. The fraction of sp³-hybridized carbons (Fsp3) is 0.458. The maximum absolute atomic E-state index is 12.4. The minimum Gasteiger partial charge on any atom is -0.508 e. The van der Waals surface area contributed by atoms with Gasteiger partial charge in [0.25, 0.3) is 5.56 Å². The summed E-state index contributed by atoms with van der Waals surface area (Å²) < 4.78 is 21.6. The monoisotopic (exact) mass is 646 g/mol. The molecule has 1 aromatic heterocycles. The fourth-order valence-corrected chi connectivity index (χ4v) is 5.16. The quantitative estimate of drug-likeness (QED) is 0.0922. The molecule has 6 atom stereocenters. The SMILES string of the molecule is C[C@H](OP(=O)(O)OC[C@@H](O)[C@@H](O)[C@@H](O)CN1c2cc(O)ccc2Cc2c1[nH]c(=O)[nH]c2=O)C(=O)N[C@@H](CCC(=O)O)C(=O)O. The van der Waals surface area contributed by atoms with Crippen LogP contribution in [0.15, 0.2) is 27.8 Å². The molecule has 1 aliphatic rings. The number of anilines is 2. The molecule has 3 rings (SSSR count). The summed E-state index contributed by atoms with van der Waals surface area (Å²) in [4.78, 5) is 74.2. The molecule has 0 spiro atoms. The number of carbonyl (C=O) groups is 3. The number of aliphatic hydroxyl groups excluding tert-OH is 3. The molecule has 20 heteroatoms. The van der Waals surface area contributed by atoms with Crippen molar-refractivity contribution >= 4 is 37.2 Å². The van der Waals surface area contributed by atoms with Crippen LogP contribution in [-0.2, 0) is 34.4 Å². The number of phenols is 1. The number of rotatable bonds is 15. The van der Waals surface area contributed by atoms with Gasteiger partial charge in [-0.05, 0) is 25.0 Å². The van der Waals surface area contributed by atoms with E-state index < -0.39 is 93.4 Å². The molecular weight excluding hydrogens is 615 g/mol. The molecule has 0 radical (unpaired) electrons. The molecule has 2 heterocycles. The Morgan fingerprint density at radius 3 is 2.43 bits per heavy atom. The van der Waals surface area contributed by atoms with E-state index in [1.165, 1.54) is 23.1 Å². The van der Waals surface area contributed by atoms with Crippen LogP contribution in [0.3, 0.4) is 0 Å². The molecule has 1 amide bonds. The first-order chi connectivity index (χ1) is 20.5. The van der Waals surface area contributed by atoms with E-state index >= 15 is 0 Å². The predicted molar refractivity (Wildman–Crippen MR) is 146 cm³/mol. The topological polar surface area (TPSA) is 309 Å². The highest BCUT2D eigenvalue weighted by Gasteiger charge is 2.35. The van der Waals surface area contributed by atoms with Crippen molar-refractivity contribution in [2.45, 2.75) is 56.6 Å².